The van der Waals surface area contributed by atoms with E-state index in [9.17, 15) is 4.79 Å². The van der Waals surface area contributed by atoms with Crippen LogP contribution in [-0.2, 0) is 0 Å². The van der Waals surface area contributed by atoms with Gasteiger partial charge in [0.2, 0.25) is 0 Å². The number of hydrogen-bond acceptors (Lipinski definition) is 6. The number of hydrogen-bond donors (Lipinski definition) is 1. The van der Waals surface area contributed by atoms with Gasteiger partial charge >= 0.3 is 0 Å². The maximum atomic E-state index is 13.2. The van der Waals surface area contributed by atoms with Gasteiger partial charge in [-0.1, -0.05) is 18.2 Å². The number of aryl methyl sites for hydroxylation is 2. The van der Waals surface area contributed by atoms with Crippen molar-refractivity contribution < 1.29 is 9.53 Å². The number of nitrogens with one attached hydrogen (secondary N) is 1. The molecule has 0 spiro atoms. The summed E-state index contributed by atoms with van der Waals surface area (Å²) in [7, 11) is 0. The highest BCUT2D eigenvalue weighted by Gasteiger charge is 2.26. The third kappa shape index (κ3) is 4.48. The molecule has 0 bridgehead atoms. The van der Waals surface area contributed by atoms with Gasteiger partial charge in [0, 0.05) is 18.3 Å². The third-order valence-corrected chi connectivity index (χ3v) is 7.44. The summed E-state index contributed by atoms with van der Waals surface area (Å²) < 4.78 is 5.84. The maximum Gasteiger partial charge on any atom is 0.266 e. The highest BCUT2D eigenvalue weighted by Crippen LogP contribution is 2.38. The van der Waals surface area contributed by atoms with Gasteiger partial charge in [-0.25, -0.2) is 9.97 Å². The number of carbonyl (C=O) groups excluding carboxylic acids is 1. The monoisotopic (exact) mass is 472 g/mol. The summed E-state index contributed by atoms with van der Waals surface area (Å²) >= 11 is 1.44. The number of piperidine rings is 1. The number of carbonyl (C=O) groups is 1. The van der Waals surface area contributed by atoms with Gasteiger partial charge < -0.3 is 15.0 Å². The molecule has 1 aliphatic rings. The molecule has 2 aromatic heterocycles. The molecule has 1 atom stereocenters. The first-order valence-electron chi connectivity index (χ1n) is 11.7. The Balaban J connectivity index is 1.39. The van der Waals surface area contributed by atoms with Crippen LogP contribution in [0.1, 0.15) is 47.2 Å². The van der Waals surface area contributed by atoms with E-state index in [-0.39, 0.29) is 5.91 Å². The van der Waals surface area contributed by atoms with Crippen LogP contribution in [0.15, 0.2) is 54.6 Å². The molecule has 4 aromatic rings. The molecular formula is C27H28N4O2S. The number of nitrogens with zero attached hydrogens (tertiary/aromatic N) is 3. The fraction of sp³-hybridized carbons (Fsp3) is 0.296. The second-order valence-corrected chi connectivity index (χ2v) is 9.76. The summed E-state index contributed by atoms with van der Waals surface area (Å²) in [5, 5.41) is 4.03. The van der Waals surface area contributed by atoms with Crippen LogP contribution < -0.4 is 15.0 Å². The fourth-order valence-corrected chi connectivity index (χ4v) is 5.59. The van der Waals surface area contributed by atoms with Gasteiger partial charge in [-0.3, -0.25) is 4.79 Å². The molecule has 6 nitrogen and oxygen atoms in total. The van der Waals surface area contributed by atoms with Gasteiger partial charge in [0.15, 0.2) is 0 Å². The molecule has 0 radical (unpaired) electrons. The first kappa shape index (κ1) is 22.3. The van der Waals surface area contributed by atoms with E-state index in [1.165, 1.54) is 17.8 Å². The Morgan fingerprint density at radius 2 is 1.76 bits per heavy atom. The minimum Gasteiger partial charge on any atom is -0.457 e. The van der Waals surface area contributed by atoms with Gasteiger partial charge in [-0.15, -0.1) is 11.3 Å². The molecular weight excluding hydrogens is 444 g/mol. The molecule has 2 aromatic carbocycles. The molecule has 5 rings (SSSR count). The lowest BCUT2D eigenvalue weighted by Crippen LogP contribution is -2.38. The molecule has 0 aliphatic carbocycles. The van der Waals surface area contributed by atoms with E-state index >= 15 is 0 Å². The van der Waals surface area contributed by atoms with Crippen LogP contribution in [0, 0.1) is 13.8 Å². The van der Waals surface area contributed by atoms with Crippen molar-refractivity contribution in [3.8, 4) is 11.5 Å². The van der Waals surface area contributed by atoms with Gasteiger partial charge in [0.1, 0.15) is 28.0 Å². The Hall–Kier alpha value is -3.45. The third-order valence-electron chi connectivity index (χ3n) is 6.26. The zero-order valence-corrected chi connectivity index (χ0v) is 20.5. The van der Waals surface area contributed by atoms with Crippen LogP contribution in [0.25, 0.3) is 10.2 Å². The Morgan fingerprint density at radius 3 is 2.50 bits per heavy atom. The van der Waals surface area contributed by atoms with Crippen LogP contribution in [-0.4, -0.2) is 28.5 Å². The summed E-state index contributed by atoms with van der Waals surface area (Å²) in [6.07, 6.45) is 3.57. The van der Waals surface area contributed by atoms with Crippen molar-refractivity contribution in [3.05, 3.63) is 70.9 Å². The van der Waals surface area contributed by atoms with E-state index in [2.05, 4.69) is 22.1 Å². The lowest BCUT2D eigenvalue weighted by atomic mass is 10.0. The lowest BCUT2D eigenvalue weighted by Gasteiger charge is -2.35. The lowest BCUT2D eigenvalue weighted by molar-refractivity contribution is 0.103. The molecule has 1 N–H and O–H groups in total. The average Bonchev–Trinajstić information content (AvgIpc) is 3.17. The first-order valence-corrected chi connectivity index (χ1v) is 12.5. The first-order chi connectivity index (χ1) is 16.5. The number of para-hydroxylation sites is 1. The summed E-state index contributed by atoms with van der Waals surface area (Å²) in [6.45, 7) is 7.16. The van der Waals surface area contributed by atoms with E-state index < -0.39 is 0 Å². The minimum atomic E-state index is -0.132. The van der Waals surface area contributed by atoms with E-state index in [1.807, 2.05) is 68.4 Å². The van der Waals surface area contributed by atoms with Crippen LogP contribution in [0.2, 0.25) is 0 Å². The molecule has 34 heavy (non-hydrogen) atoms. The van der Waals surface area contributed by atoms with Crippen molar-refractivity contribution in [1.29, 1.82) is 0 Å². The van der Waals surface area contributed by atoms with Crippen molar-refractivity contribution in [2.45, 2.75) is 46.1 Å². The molecule has 1 saturated heterocycles. The zero-order valence-electron chi connectivity index (χ0n) is 19.7. The van der Waals surface area contributed by atoms with Crippen molar-refractivity contribution in [2.75, 3.05) is 16.8 Å². The number of aromatic nitrogens is 2. The SMILES string of the molecule is Cc1nc(N2CCCC[C@H]2C)c2c(C)c(C(=O)Nc3ccc(Oc4ccccc4)cc3)sc2n1. The number of anilines is 2. The number of rotatable bonds is 5. The number of ether oxygens (including phenoxy) is 1. The van der Waals surface area contributed by atoms with Crippen LogP contribution >= 0.6 is 11.3 Å². The van der Waals surface area contributed by atoms with Crippen molar-refractivity contribution in [3.63, 3.8) is 0 Å². The van der Waals surface area contributed by atoms with Gasteiger partial charge in [0.25, 0.3) is 5.91 Å². The number of amides is 1. The minimum absolute atomic E-state index is 0.132. The second-order valence-electron chi connectivity index (χ2n) is 8.76. The highest BCUT2D eigenvalue weighted by atomic mass is 32.1. The molecule has 0 saturated carbocycles. The molecule has 0 unspecified atom stereocenters. The van der Waals surface area contributed by atoms with Gasteiger partial charge in [0.05, 0.1) is 10.3 Å². The summed E-state index contributed by atoms with van der Waals surface area (Å²) in [6, 6.07) is 17.5. The van der Waals surface area contributed by atoms with Gasteiger partial charge in [-0.05, 0) is 82.0 Å². The standard InChI is InChI=1S/C27H28N4O2S/c1-17-9-7-8-16-31(17)25-23-18(2)24(34-27(23)29-19(3)28-25)26(32)30-20-12-14-22(15-13-20)33-21-10-5-4-6-11-21/h4-6,10-15,17H,7-9,16H2,1-3H3,(H,30,32)/t17-/m1/s1. The Kier molecular flexibility index (Phi) is 6.20. The van der Waals surface area contributed by atoms with Crippen molar-refractivity contribution in [1.82, 2.24) is 9.97 Å². The molecule has 1 fully saturated rings. The molecule has 3 heterocycles. The van der Waals surface area contributed by atoms with Crippen LogP contribution in [0.5, 0.6) is 11.5 Å². The summed E-state index contributed by atoms with van der Waals surface area (Å²) in [5.41, 5.74) is 1.66. The van der Waals surface area contributed by atoms with E-state index in [1.54, 1.807) is 0 Å². The quantitative estimate of drug-likeness (QED) is 0.349. The molecule has 7 heteroatoms. The zero-order chi connectivity index (χ0) is 23.7. The van der Waals surface area contributed by atoms with E-state index in [0.29, 0.717) is 16.7 Å². The molecule has 1 amide bonds. The predicted molar refractivity (Wildman–Crippen MR) is 138 cm³/mol. The molecule has 174 valence electrons. The predicted octanol–water partition coefficient (Wildman–Crippen LogP) is 6.73. The van der Waals surface area contributed by atoms with E-state index in [4.69, 9.17) is 9.72 Å². The highest BCUT2D eigenvalue weighted by molar-refractivity contribution is 7.20. The van der Waals surface area contributed by atoms with E-state index in [0.717, 1.165) is 58.2 Å². The average molecular weight is 473 g/mol. The fourth-order valence-electron chi connectivity index (χ4n) is 4.48. The van der Waals surface area contributed by atoms with Crippen LogP contribution in [0.3, 0.4) is 0 Å². The number of fused-ring (bicyclic) bond motifs is 1. The number of benzene rings is 2. The summed E-state index contributed by atoms with van der Waals surface area (Å²) in [5.74, 6) is 3.06. The van der Waals surface area contributed by atoms with Crippen LogP contribution in [0.4, 0.5) is 11.5 Å². The van der Waals surface area contributed by atoms with Gasteiger partial charge in [-0.2, -0.15) is 0 Å². The largest absolute Gasteiger partial charge is 0.457 e. The number of thiophene rings is 1. The molecule has 1 aliphatic heterocycles. The Bertz CT molecular complexity index is 1320. The normalized spacial score (nSPS) is 16.0. The second kappa shape index (κ2) is 9.43. The Labute approximate surface area is 203 Å². The smallest absolute Gasteiger partial charge is 0.266 e. The van der Waals surface area contributed by atoms with Crippen molar-refractivity contribution >= 4 is 39.0 Å². The Morgan fingerprint density at radius 1 is 1.03 bits per heavy atom. The summed E-state index contributed by atoms with van der Waals surface area (Å²) in [4.78, 5) is 26.6. The van der Waals surface area contributed by atoms with Crippen molar-refractivity contribution in [2.24, 2.45) is 0 Å². The maximum absolute atomic E-state index is 13.2. The topological polar surface area (TPSA) is 67.4 Å².